The van der Waals surface area contributed by atoms with Gasteiger partial charge in [0.15, 0.2) is 11.5 Å². The molecule has 0 radical (unpaired) electrons. The van der Waals surface area contributed by atoms with Gasteiger partial charge in [0.25, 0.3) is 0 Å². The second-order valence-electron chi connectivity index (χ2n) is 4.53. The molecule has 5 heteroatoms. The van der Waals surface area contributed by atoms with Gasteiger partial charge in [0.05, 0.1) is 5.69 Å². The molecule has 104 valence electrons. The number of nitrogens with zero attached hydrogens (tertiary/aromatic N) is 1. The van der Waals surface area contributed by atoms with Crippen LogP contribution in [0, 0.1) is 6.92 Å². The highest BCUT2D eigenvalue weighted by atomic mass is 16.4. The van der Waals surface area contributed by atoms with Gasteiger partial charge >= 0.3 is 5.97 Å². The van der Waals surface area contributed by atoms with E-state index >= 15 is 0 Å². The molecule has 5 nitrogen and oxygen atoms in total. The maximum Gasteiger partial charge on any atom is 0.354 e. The van der Waals surface area contributed by atoms with Gasteiger partial charge in [-0.15, -0.1) is 0 Å². The average Bonchev–Trinajstić information content (AvgIpc) is 2.42. The third kappa shape index (κ3) is 2.71. The number of pyridine rings is 1. The van der Waals surface area contributed by atoms with Crippen LogP contribution in [-0.4, -0.2) is 16.1 Å². The maximum atomic E-state index is 11.0. The van der Waals surface area contributed by atoms with Crippen molar-refractivity contribution in [3.8, 4) is 0 Å². The molecule has 0 atom stereocenters. The highest BCUT2D eigenvalue weighted by molar-refractivity contribution is 5.87. The van der Waals surface area contributed by atoms with Gasteiger partial charge in [-0.3, -0.25) is 0 Å². The Bertz CT molecular complexity index is 654. The van der Waals surface area contributed by atoms with Gasteiger partial charge < -0.3 is 16.2 Å². The topological polar surface area (TPSA) is 88.2 Å². The number of para-hydroxylation sites is 1. The number of carboxylic acids is 1. The number of carboxylic acid groups (broad SMARTS) is 1. The van der Waals surface area contributed by atoms with Crippen molar-refractivity contribution in [3.05, 3.63) is 47.2 Å². The van der Waals surface area contributed by atoms with Gasteiger partial charge in [-0.2, -0.15) is 0 Å². The minimum absolute atomic E-state index is 0.0340. The Morgan fingerprint density at radius 2 is 2.10 bits per heavy atom. The van der Waals surface area contributed by atoms with Crippen LogP contribution in [0.3, 0.4) is 0 Å². The summed E-state index contributed by atoms with van der Waals surface area (Å²) in [4.78, 5) is 15.0. The molecule has 0 aliphatic rings. The fourth-order valence-corrected chi connectivity index (χ4v) is 2.01. The van der Waals surface area contributed by atoms with Gasteiger partial charge in [-0.1, -0.05) is 25.1 Å². The molecule has 0 amide bonds. The second kappa shape index (κ2) is 5.61. The van der Waals surface area contributed by atoms with E-state index in [4.69, 9.17) is 10.8 Å². The first-order valence-corrected chi connectivity index (χ1v) is 6.38. The molecule has 1 heterocycles. The molecule has 1 aromatic heterocycles. The Hall–Kier alpha value is -2.56. The first-order chi connectivity index (χ1) is 9.52. The molecule has 2 rings (SSSR count). The highest BCUT2D eigenvalue weighted by Crippen LogP contribution is 2.27. The summed E-state index contributed by atoms with van der Waals surface area (Å²) in [7, 11) is 0. The second-order valence-corrected chi connectivity index (χ2v) is 4.53. The zero-order valence-corrected chi connectivity index (χ0v) is 11.5. The third-order valence-electron chi connectivity index (χ3n) is 3.13. The van der Waals surface area contributed by atoms with Crippen LogP contribution in [0.2, 0.25) is 0 Å². The van der Waals surface area contributed by atoms with Gasteiger partial charge in [0, 0.05) is 5.69 Å². The number of nitrogens with one attached hydrogen (secondary N) is 1. The fraction of sp³-hybridized carbons (Fsp3) is 0.200. The van der Waals surface area contributed by atoms with Crippen LogP contribution in [0.25, 0.3) is 0 Å². The van der Waals surface area contributed by atoms with Crippen molar-refractivity contribution in [2.45, 2.75) is 20.3 Å². The fourth-order valence-electron chi connectivity index (χ4n) is 2.01. The zero-order valence-electron chi connectivity index (χ0n) is 11.5. The van der Waals surface area contributed by atoms with Crippen LogP contribution >= 0.6 is 0 Å². The quantitative estimate of drug-likeness (QED) is 0.795. The molecular weight excluding hydrogens is 254 g/mol. The number of nitrogens with two attached hydrogens (primary N) is 1. The average molecular weight is 271 g/mol. The summed E-state index contributed by atoms with van der Waals surface area (Å²) in [6.45, 7) is 4.04. The number of aryl methyl sites for hydroxylation is 2. The number of aromatic nitrogens is 1. The first kappa shape index (κ1) is 13.9. The van der Waals surface area contributed by atoms with Crippen LogP contribution in [0.15, 0.2) is 30.3 Å². The summed E-state index contributed by atoms with van der Waals surface area (Å²) in [6.07, 6.45) is 0.864. The molecule has 0 aliphatic carbocycles. The van der Waals surface area contributed by atoms with Gasteiger partial charge in [0.2, 0.25) is 0 Å². The molecule has 1 aromatic carbocycles. The van der Waals surface area contributed by atoms with Gasteiger partial charge in [0.1, 0.15) is 0 Å². The number of carbonyl (C=O) groups is 1. The van der Waals surface area contributed by atoms with E-state index < -0.39 is 5.97 Å². The Kier molecular flexibility index (Phi) is 3.89. The predicted molar refractivity (Wildman–Crippen MR) is 79.4 cm³/mol. The SMILES string of the molecule is CCc1cccc(C)c1Nc1nc(C(=O)O)ccc1N. The van der Waals surface area contributed by atoms with Gasteiger partial charge in [-0.05, 0) is 36.6 Å². The lowest BCUT2D eigenvalue weighted by Crippen LogP contribution is -2.07. The van der Waals surface area contributed by atoms with E-state index in [9.17, 15) is 4.79 Å². The van der Waals surface area contributed by atoms with Crippen molar-refractivity contribution < 1.29 is 9.90 Å². The smallest absolute Gasteiger partial charge is 0.354 e. The summed E-state index contributed by atoms with van der Waals surface area (Å²) >= 11 is 0. The number of hydrogen-bond acceptors (Lipinski definition) is 4. The molecule has 0 spiro atoms. The van der Waals surface area contributed by atoms with Crippen molar-refractivity contribution in [2.75, 3.05) is 11.1 Å². The molecule has 2 aromatic rings. The molecule has 20 heavy (non-hydrogen) atoms. The zero-order chi connectivity index (χ0) is 14.7. The Morgan fingerprint density at radius 3 is 2.75 bits per heavy atom. The van der Waals surface area contributed by atoms with Crippen molar-refractivity contribution in [3.63, 3.8) is 0 Å². The highest BCUT2D eigenvalue weighted by Gasteiger charge is 2.11. The number of hydrogen-bond donors (Lipinski definition) is 3. The minimum atomic E-state index is -1.08. The van der Waals surface area contributed by atoms with Crippen molar-refractivity contribution in [1.29, 1.82) is 0 Å². The summed E-state index contributed by atoms with van der Waals surface area (Å²) < 4.78 is 0. The van der Waals surface area contributed by atoms with Crippen LogP contribution in [-0.2, 0) is 6.42 Å². The van der Waals surface area contributed by atoms with Crippen molar-refractivity contribution >= 4 is 23.2 Å². The van der Waals surface area contributed by atoms with Crippen molar-refractivity contribution in [2.24, 2.45) is 0 Å². The summed E-state index contributed by atoms with van der Waals surface area (Å²) in [5.41, 5.74) is 9.36. The van der Waals surface area contributed by atoms with E-state index in [1.807, 2.05) is 25.1 Å². The maximum absolute atomic E-state index is 11.0. The third-order valence-corrected chi connectivity index (χ3v) is 3.13. The van der Waals surface area contributed by atoms with E-state index in [0.29, 0.717) is 11.5 Å². The lowest BCUT2D eigenvalue weighted by molar-refractivity contribution is 0.0690. The van der Waals surface area contributed by atoms with Crippen molar-refractivity contribution in [1.82, 2.24) is 4.98 Å². The Balaban J connectivity index is 2.44. The van der Waals surface area contributed by atoms with Gasteiger partial charge in [-0.25, -0.2) is 9.78 Å². The summed E-state index contributed by atoms with van der Waals surface area (Å²) in [5.74, 6) is -0.706. The Morgan fingerprint density at radius 1 is 1.35 bits per heavy atom. The summed E-state index contributed by atoms with van der Waals surface area (Å²) in [6, 6.07) is 8.93. The molecular formula is C15H17N3O2. The normalized spacial score (nSPS) is 10.3. The monoisotopic (exact) mass is 271 g/mol. The van der Waals surface area contributed by atoms with E-state index in [1.54, 1.807) is 6.07 Å². The summed E-state index contributed by atoms with van der Waals surface area (Å²) in [5, 5.41) is 12.1. The molecule has 0 fully saturated rings. The predicted octanol–water partition coefficient (Wildman–Crippen LogP) is 2.98. The van der Waals surface area contributed by atoms with E-state index in [-0.39, 0.29) is 5.69 Å². The van der Waals surface area contributed by atoms with Crippen LogP contribution in [0.1, 0.15) is 28.5 Å². The molecule has 0 aliphatic heterocycles. The van der Waals surface area contributed by atoms with E-state index in [1.165, 1.54) is 6.07 Å². The molecule has 0 bridgehead atoms. The number of anilines is 3. The lowest BCUT2D eigenvalue weighted by Gasteiger charge is -2.15. The lowest BCUT2D eigenvalue weighted by atomic mass is 10.1. The largest absolute Gasteiger partial charge is 0.477 e. The number of aromatic carboxylic acids is 1. The number of nitrogen functional groups attached to an aromatic ring is 1. The molecule has 0 saturated heterocycles. The molecule has 4 N–H and O–H groups in total. The van der Waals surface area contributed by atoms with Crippen LogP contribution < -0.4 is 11.1 Å². The van der Waals surface area contributed by atoms with Crippen LogP contribution in [0.4, 0.5) is 17.2 Å². The van der Waals surface area contributed by atoms with E-state index in [0.717, 1.165) is 23.2 Å². The molecule has 0 unspecified atom stereocenters. The number of rotatable bonds is 4. The Labute approximate surface area is 117 Å². The minimum Gasteiger partial charge on any atom is -0.477 e. The standard InChI is InChI=1S/C15H17N3O2/c1-3-10-6-4-5-9(2)13(10)18-14-11(16)7-8-12(17-14)15(19)20/h4-8H,3,16H2,1-2H3,(H,17,18)(H,19,20). The molecule has 0 saturated carbocycles. The van der Waals surface area contributed by atoms with Crippen LogP contribution in [0.5, 0.6) is 0 Å². The van der Waals surface area contributed by atoms with E-state index in [2.05, 4.69) is 17.2 Å². The number of benzene rings is 1. The first-order valence-electron chi connectivity index (χ1n) is 6.38.